The minimum absolute atomic E-state index is 0.0776. The van der Waals surface area contributed by atoms with Gasteiger partial charge in [-0.3, -0.25) is 4.79 Å². The average Bonchev–Trinajstić information content (AvgIpc) is 3.13. The van der Waals surface area contributed by atoms with Crippen LogP contribution in [0.15, 0.2) is 75.7 Å². The number of ether oxygens (including phenoxy) is 1. The van der Waals surface area contributed by atoms with Crippen LogP contribution < -0.4 is 10.1 Å². The standard InChI is InChI=1S/C21H14Br2N2O2S/c22-13-10-15(21-24-17-8-4-5-9-18(17)28-21)20(16(23)11-13)25-19(26)12-27-14-6-2-1-3-7-14/h1-11H,12H2,(H,25,26). The van der Waals surface area contributed by atoms with Crippen LogP contribution in [0, 0.1) is 0 Å². The van der Waals surface area contributed by atoms with E-state index in [1.165, 1.54) is 0 Å². The molecule has 0 aliphatic carbocycles. The fourth-order valence-electron chi connectivity index (χ4n) is 2.70. The van der Waals surface area contributed by atoms with E-state index in [1.807, 2.05) is 66.7 Å². The summed E-state index contributed by atoms with van der Waals surface area (Å²) in [5.74, 6) is 0.410. The van der Waals surface area contributed by atoms with Crippen LogP contribution in [-0.2, 0) is 4.79 Å². The number of hydrogen-bond acceptors (Lipinski definition) is 4. The van der Waals surface area contributed by atoms with Crippen molar-refractivity contribution in [3.05, 3.63) is 75.7 Å². The molecule has 1 heterocycles. The molecule has 1 amide bonds. The number of carbonyl (C=O) groups is 1. The predicted octanol–water partition coefficient (Wildman–Crippen LogP) is 6.51. The smallest absolute Gasteiger partial charge is 0.262 e. The van der Waals surface area contributed by atoms with Crippen LogP contribution in [0.4, 0.5) is 5.69 Å². The minimum Gasteiger partial charge on any atom is -0.484 e. The first kappa shape index (κ1) is 19.1. The molecule has 4 aromatic rings. The van der Waals surface area contributed by atoms with Gasteiger partial charge in [-0.1, -0.05) is 46.3 Å². The van der Waals surface area contributed by atoms with E-state index in [4.69, 9.17) is 9.72 Å². The summed E-state index contributed by atoms with van der Waals surface area (Å²) in [6.45, 7) is -0.0776. The summed E-state index contributed by atoms with van der Waals surface area (Å²) in [4.78, 5) is 17.2. The molecule has 1 N–H and O–H groups in total. The normalized spacial score (nSPS) is 10.8. The molecule has 0 spiro atoms. The quantitative estimate of drug-likeness (QED) is 0.328. The molecule has 1 aromatic heterocycles. The third-order valence-electron chi connectivity index (χ3n) is 3.96. The van der Waals surface area contributed by atoms with Crippen LogP contribution in [0.25, 0.3) is 20.8 Å². The second-order valence-corrected chi connectivity index (χ2v) is 8.75. The molecule has 0 saturated heterocycles. The maximum Gasteiger partial charge on any atom is 0.262 e. The number of nitrogens with one attached hydrogen (secondary N) is 1. The van der Waals surface area contributed by atoms with Crippen LogP contribution in [0.1, 0.15) is 0 Å². The summed E-state index contributed by atoms with van der Waals surface area (Å²) in [5.41, 5.74) is 2.45. The summed E-state index contributed by atoms with van der Waals surface area (Å²) >= 11 is 8.66. The molecule has 28 heavy (non-hydrogen) atoms. The van der Waals surface area contributed by atoms with Gasteiger partial charge >= 0.3 is 0 Å². The molecule has 4 rings (SSSR count). The molecule has 0 atom stereocenters. The Kier molecular flexibility index (Phi) is 5.75. The maximum absolute atomic E-state index is 12.5. The Bertz CT molecular complexity index is 1110. The number of para-hydroxylation sites is 2. The van der Waals surface area contributed by atoms with Gasteiger partial charge in [0.2, 0.25) is 0 Å². The van der Waals surface area contributed by atoms with Gasteiger partial charge in [-0.05, 0) is 52.3 Å². The largest absolute Gasteiger partial charge is 0.484 e. The van der Waals surface area contributed by atoms with E-state index in [2.05, 4.69) is 37.2 Å². The summed E-state index contributed by atoms with van der Waals surface area (Å²) in [7, 11) is 0. The molecule has 0 unspecified atom stereocenters. The maximum atomic E-state index is 12.5. The molecule has 0 radical (unpaired) electrons. The Morgan fingerprint density at radius 3 is 2.57 bits per heavy atom. The zero-order chi connectivity index (χ0) is 19.5. The number of rotatable bonds is 5. The van der Waals surface area contributed by atoms with Crippen LogP contribution in [-0.4, -0.2) is 17.5 Å². The number of benzene rings is 3. The van der Waals surface area contributed by atoms with Crippen LogP contribution >= 0.6 is 43.2 Å². The monoisotopic (exact) mass is 516 g/mol. The van der Waals surface area contributed by atoms with Gasteiger partial charge < -0.3 is 10.1 Å². The highest BCUT2D eigenvalue weighted by atomic mass is 79.9. The lowest BCUT2D eigenvalue weighted by molar-refractivity contribution is -0.118. The van der Waals surface area contributed by atoms with E-state index in [-0.39, 0.29) is 12.5 Å². The zero-order valence-corrected chi connectivity index (χ0v) is 18.5. The van der Waals surface area contributed by atoms with Gasteiger partial charge in [0.1, 0.15) is 10.8 Å². The van der Waals surface area contributed by atoms with Crippen LogP contribution in [0.3, 0.4) is 0 Å². The number of anilines is 1. The average molecular weight is 518 g/mol. The Balaban J connectivity index is 1.62. The first-order valence-electron chi connectivity index (χ1n) is 8.43. The van der Waals surface area contributed by atoms with E-state index in [0.717, 1.165) is 29.7 Å². The molecular formula is C21H14Br2N2O2S. The third-order valence-corrected chi connectivity index (χ3v) is 6.11. The molecular weight excluding hydrogens is 504 g/mol. The van der Waals surface area contributed by atoms with Crippen molar-refractivity contribution in [1.29, 1.82) is 0 Å². The second kappa shape index (κ2) is 8.43. The molecule has 0 aliphatic heterocycles. The van der Waals surface area contributed by atoms with Crippen molar-refractivity contribution in [2.45, 2.75) is 0 Å². The van der Waals surface area contributed by atoms with Crippen molar-refractivity contribution in [2.75, 3.05) is 11.9 Å². The highest BCUT2D eigenvalue weighted by Gasteiger charge is 2.17. The van der Waals surface area contributed by atoms with E-state index < -0.39 is 0 Å². The van der Waals surface area contributed by atoms with Gasteiger partial charge in [0, 0.05) is 14.5 Å². The van der Waals surface area contributed by atoms with Gasteiger partial charge in [-0.25, -0.2) is 4.98 Å². The van der Waals surface area contributed by atoms with Crippen molar-refractivity contribution in [3.8, 4) is 16.3 Å². The van der Waals surface area contributed by atoms with Crippen molar-refractivity contribution in [2.24, 2.45) is 0 Å². The molecule has 0 bridgehead atoms. The van der Waals surface area contributed by atoms with E-state index in [9.17, 15) is 4.79 Å². The van der Waals surface area contributed by atoms with Crippen molar-refractivity contribution < 1.29 is 9.53 Å². The number of fused-ring (bicyclic) bond motifs is 1. The lowest BCUT2D eigenvalue weighted by Gasteiger charge is -2.13. The van der Waals surface area contributed by atoms with Gasteiger partial charge in [0.15, 0.2) is 6.61 Å². The highest BCUT2D eigenvalue weighted by molar-refractivity contribution is 9.11. The minimum atomic E-state index is -0.241. The van der Waals surface area contributed by atoms with Gasteiger partial charge in [0.25, 0.3) is 5.91 Å². The van der Waals surface area contributed by atoms with E-state index >= 15 is 0 Å². The number of amides is 1. The van der Waals surface area contributed by atoms with E-state index in [0.29, 0.717) is 11.4 Å². The van der Waals surface area contributed by atoms with Gasteiger partial charge in [-0.2, -0.15) is 0 Å². The first-order chi connectivity index (χ1) is 13.6. The summed E-state index contributed by atoms with van der Waals surface area (Å²) in [5, 5.41) is 3.79. The molecule has 7 heteroatoms. The Labute approximate surface area is 182 Å². The van der Waals surface area contributed by atoms with Crippen LogP contribution in [0.2, 0.25) is 0 Å². The summed E-state index contributed by atoms with van der Waals surface area (Å²) in [6, 6.07) is 21.1. The molecule has 0 fully saturated rings. The SMILES string of the molecule is O=C(COc1ccccc1)Nc1c(Br)cc(Br)cc1-c1nc2ccccc2s1. The van der Waals surface area contributed by atoms with Crippen LogP contribution in [0.5, 0.6) is 5.75 Å². The molecule has 3 aromatic carbocycles. The Morgan fingerprint density at radius 1 is 1.04 bits per heavy atom. The topological polar surface area (TPSA) is 51.2 Å². The number of halogens is 2. The van der Waals surface area contributed by atoms with Gasteiger partial charge in [-0.15, -0.1) is 11.3 Å². The number of nitrogens with zero attached hydrogens (tertiary/aromatic N) is 1. The number of hydrogen-bond donors (Lipinski definition) is 1. The number of carbonyl (C=O) groups excluding carboxylic acids is 1. The Hall–Kier alpha value is -2.22. The second-order valence-electron chi connectivity index (χ2n) is 5.95. The summed E-state index contributed by atoms with van der Waals surface area (Å²) < 4.78 is 8.31. The van der Waals surface area contributed by atoms with Gasteiger partial charge in [0.05, 0.1) is 15.9 Å². The van der Waals surface area contributed by atoms with Crippen molar-refractivity contribution >= 4 is 65.0 Å². The fraction of sp³-hybridized carbons (Fsp3) is 0.0476. The first-order valence-corrected chi connectivity index (χ1v) is 10.8. The molecule has 0 aliphatic rings. The predicted molar refractivity (Wildman–Crippen MR) is 121 cm³/mol. The Morgan fingerprint density at radius 2 is 1.79 bits per heavy atom. The number of thiazole rings is 1. The molecule has 140 valence electrons. The number of aromatic nitrogens is 1. The lowest BCUT2D eigenvalue weighted by Crippen LogP contribution is -2.20. The summed E-state index contributed by atoms with van der Waals surface area (Å²) in [6.07, 6.45) is 0. The fourth-order valence-corrected chi connectivity index (χ4v) is 5.01. The van der Waals surface area contributed by atoms with Crippen molar-refractivity contribution in [3.63, 3.8) is 0 Å². The van der Waals surface area contributed by atoms with Crippen molar-refractivity contribution in [1.82, 2.24) is 4.98 Å². The van der Waals surface area contributed by atoms with E-state index in [1.54, 1.807) is 11.3 Å². The lowest BCUT2D eigenvalue weighted by atomic mass is 10.2. The molecule has 0 saturated carbocycles. The highest BCUT2D eigenvalue weighted by Crippen LogP contribution is 2.40. The third kappa shape index (κ3) is 4.27. The molecule has 4 nitrogen and oxygen atoms in total. The zero-order valence-electron chi connectivity index (χ0n) is 14.5.